The summed E-state index contributed by atoms with van der Waals surface area (Å²) in [6.45, 7) is 5.70. The Kier molecular flexibility index (Phi) is 5.33. The van der Waals surface area contributed by atoms with Crippen molar-refractivity contribution in [3.8, 4) is 0 Å². The third kappa shape index (κ3) is 3.78. The van der Waals surface area contributed by atoms with Crippen LogP contribution in [0.4, 0.5) is 15.8 Å². The number of rotatable bonds is 5. The Morgan fingerprint density at radius 2 is 2.17 bits per heavy atom. The second-order valence-electron chi connectivity index (χ2n) is 5.48. The van der Waals surface area contributed by atoms with Gasteiger partial charge in [-0.1, -0.05) is 6.92 Å². The first-order chi connectivity index (χ1) is 11.2. The standard InChI is InChI=1S/C15H16BrFN4O3/c1-8(7-20-10(3)14(16)9(2)19-20)15(22)18-13-6-11(21(23)24)4-5-12(13)17/h4-6,8H,7H2,1-3H3,(H,18,22). The van der Waals surface area contributed by atoms with Crippen molar-refractivity contribution in [2.75, 3.05) is 5.32 Å². The van der Waals surface area contributed by atoms with Crippen LogP contribution in [0.25, 0.3) is 0 Å². The number of aromatic nitrogens is 2. The molecular weight excluding hydrogens is 383 g/mol. The van der Waals surface area contributed by atoms with E-state index in [1.54, 1.807) is 11.6 Å². The summed E-state index contributed by atoms with van der Waals surface area (Å²) in [6.07, 6.45) is 0. The number of nitrogens with zero attached hydrogens (tertiary/aromatic N) is 3. The van der Waals surface area contributed by atoms with Crippen molar-refractivity contribution in [1.82, 2.24) is 9.78 Å². The molecule has 7 nitrogen and oxygen atoms in total. The molecule has 1 aromatic heterocycles. The molecule has 0 fully saturated rings. The van der Waals surface area contributed by atoms with Crippen LogP contribution >= 0.6 is 15.9 Å². The monoisotopic (exact) mass is 398 g/mol. The number of hydrogen-bond acceptors (Lipinski definition) is 4. The molecule has 0 spiro atoms. The molecule has 1 aromatic carbocycles. The van der Waals surface area contributed by atoms with Crippen LogP contribution < -0.4 is 5.32 Å². The SMILES string of the molecule is Cc1nn(CC(C)C(=O)Nc2cc([N+](=O)[O-])ccc2F)c(C)c1Br. The van der Waals surface area contributed by atoms with Crippen LogP contribution in [0.5, 0.6) is 0 Å². The third-order valence-electron chi connectivity index (χ3n) is 3.61. The molecule has 0 saturated carbocycles. The molecule has 1 unspecified atom stereocenters. The number of nitro benzene ring substituents is 1. The highest BCUT2D eigenvalue weighted by Crippen LogP contribution is 2.23. The average molecular weight is 399 g/mol. The predicted molar refractivity (Wildman–Crippen MR) is 90.2 cm³/mol. The molecular formula is C15H16BrFN4O3. The Labute approximate surface area is 146 Å². The van der Waals surface area contributed by atoms with Gasteiger partial charge in [-0.2, -0.15) is 5.10 Å². The fourth-order valence-electron chi connectivity index (χ4n) is 2.17. The Morgan fingerprint density at radius 1 is 1.50 bits per heavy atom. The number of carbonyl (C=O) groups is 1. The number of non-ortho nitro benzene ring substituents is 1. The fourth-order valence-corrected chi connectivity index (χ4v) is 2.46. The molecule has 9 heteroatoms. The summed E-state index contributed by atoms with van der Waals surface area (Å²) < 4.78 is 16.3. The van der Waals surface area contributed by atoms with Crippen molar-refractivity contribution < 1.29 is 14.1 Å². The zero-order valence-electron chi connectivity index (χ0n) is 13.3. The van der Waals surface area contributed by atoms with Crippen LogP contribution in [0.3, 0.4) is 0 Å². The van der Waals surface area contributed by atoms with Gasteiger partial charge in [-0.3, -0.25) is 19.6 Å². The first-order valence-electron chi connectivity index (χ1n) is 7.15. The summed E-state index contributed by atoms with van der Waals surface area (Å²) in [7, 11) is 0. The van der Waals surface area contributed by atoms with E-state index in [1.165, 1.54) is 0 Å². The summed E-state index contributed by atoms with van der Waals surface area (Å²) >= 11 is 3.41. The van der Waals surface area contributed by atoms with E-state index < -0.39 is 22.6 Å². The van der Waals surface area contributed by atoms with Gasteiger partial charge in [0.15, 0.2) is 0 Å². The Hall–Kier alpha value is -2.29. The van der Waals surface area contributed by atoms with Gasteiger partial charge in [0.2, 0.25) is 5.91 Å². The highest BCUT2D eigenvalue weighted by Gasteiger charge is 2.19. The zero-order chi connectivity index (χ0) is 18.0. The number of carbonyl (C=O) groups excluding carboxylic acids is 1. The second-order valence-corrected chi connectivity index (χ2v) is 6.27. The van der Waals surface area contributed by atoms with Gasteiger partial charge in [0, 0.05) is 17.8 Å². The maximum Gasteiger partial charge on any atom is 0.271 e. The summed E-state index contributed by atoms with van der Waals surface area (Å²) in [4.78, 5) is 22.4. The van der Waals surface area contributed by atoms with Gasteiger partial charge >= 0.3 is 0 Å². The lowest BCUT2D eigenvalue weighted by atomic mass is 10.1. The molecule has 2 rings (SSSR count). The van der Waals surface area contributed by atoms with Crippen molar-refractivity contribution >= 4 is 33.2 Å². The van der Waals surface area contributed by atoms with Gasteiger partial charge in [-0.25, -0.2) is 4.39 Å². The predicted octanol–water partition coefficient (Wildman–Crippen LogP) is 3.58. The molecule has 2 aromatic rings. The molecule has 0 radical (unpaired) electrons. The molecule has 1 atom stereocenters. The van der Waals surface area contributed by atoms with Gasteiger partial charge in [0.25, 0.3) is 5.69 Å². The average Bonchev–Trinajstić information content (AvgIpc) is 2.76. The maximum absolute atomic E-state index is 13.7. The van der Waals surface area contributed by atoms with Crippen molar-refractivity contribution in [2.24, 2.45) is 5.92 Å². The minimum atomic E-state index is -0.727. The summed E-state index contributed by atoms with van der Waals surface area (Å²) in [5, 5.41) is 17.5. The molecule has 1 heterocycles. The second kappa shape index (κ2) is 7.08. The number of amides is 1. The number of nitrogens with one attached hydrogen (secondary N) is 1. The molecule has 128 valence electrons. The molecule has 0 bridgehead atoms. The minimum Gasteiger partial charge on any atom is -0.323 e. The van der Waals surface area contributed by atoms with Gasteiger partial charge in [0.1, 0.15) is 5.82 Å². The van der Waals surface area contributed by atoms with E-state index in [1.807, 2.05) is 13.8 Å². The van der Waals surface area contributed by atoms with E-state index in [2.05, 4.69) is 26.3 Å². The first-order valence-corrected chi connectivity index (χ1v) is 7.94. The quantitative estimate of drug-likeness (QED) is 0.615. The normalized spacial score (nSPS) is 12.0. The number of nitro groups is 1. The molecule has 0 aliphatic heterocycles. The van der Waals surface area contributed by atoms with Crippen molar-refractivity contribution in [3.05, 3.63) is 50.0 Å². The number of aryl methyl sites for hydroxylation is 1. The highest BCUT2D eigenvalue weighted by atomic mass is 79.9. The van der Waals surface area contributed by atoms with Crippen molar-refractivity contribution in [2.45, 2.75) is 27.3 Å². The summed E-state index contributed by atoms with van der Waals surface area (Å²) in [5.41, 5.74) is 1.19. The lowest BCUT2D eigenvalue weighted by Crippen LogP contribution is -2.25. The van der Waals surface area contributed by atoms with Gasteiger partial charge in [0.05, 0.1) is 33.2 Å². The molecule has 0 aliphatic carbocycles. The van der Waals surface area contributed by atoms with Crippen LogP contribution in [0, 0.1) is 35.7 Å². The molecule has 0 saturated heterocycles. The van der Waals surface area contributed by atoms with E-state index in [9.17, 15) is 19.3 Å². The van der Waals surface area contributed by atoms with Crippen LogP contribution in [0.1, 0.15) is 18.3 Å². The van der Waals surface area contributed by atoms with Crippen LogP contribution in [0.15, 0.2) is 22.7 Å². The number of benzene rings is 1. The third-order valence-corrected chi connectivity index (χ3v) is 4.75. The maximum atomic E-state index is 13.7. The molecule has 0 aliphatic rings. The van der Waals surface area contributed by atoms with E-state index in [4.69, 9.17) is 0 Å². The first kappa shape index (κ1) is 18.1. The van der Waals surface area contributed by atoms with Crippen LogP contribution in [-0.4, -0.2) is 20.6 Å². The smallest absolute Gasteiger partial charge is 0.271 e. The number of hydrogen-bond donors (Lipinski definition) is 1. The van der Waals surface area contributed by atoms with E-state index >= 15 is 0 Å². The Bertz CT molecular complexity index is 806. The number of anilines is 1. The van der Waals surface area contributed by atoms with E-state index in [-0.39, 0.29) is 11.4 Å². The van der Waals surface area contributed by atoms with E-state index in [0.29, 0.717) is 6.54 Å². The topological polar surface area (TPSA) is 90.1 Å². The van der Waals surface area contributed by atoms with Crippen molar-refractivity contribution in [1.29, 1.82) is 0 Å². The van der Waals surface area contributed by atoms with Crippen LogP contribution in [-0.2, 0) is 11.3 Å². The van der Waals surface area contributed by atoms with Crippen LogP contribution in [0.2, 0.25) is 0 Å². The summed E-state index contributed by atoms with van der Waals surface area (Å²) in [6, 6.07) is 3.00. The largest absolute Gasteiger partial charge is 0.323 e. The van der Waals surface area contributed by atoms with Crippen molar-refractivity contribution in [3.63, 3.8) is 0 Å². The fraction of sp³-hybridized carbons (Fsp3) is 0.333. The molecule has 24 heavy (non-hydrogen) atoms. The summed E-state index contributed by atoms with van der Waals surface area (Å²) in [5.74, 6) is -1.68. The molecule has 1 amide bonds. The Morgan fingerprint density at radius 3 is 2.71 bits per heavy atom. The Balaban J connectivity index is 2.13. The lowest BCUT2D eigenvalue weighted by molar-refractivity contribution is -0.384. The number of halogens is 2. The molecule has 1 N–H and O–H groups in total. The zero-order valence-corrected chi connectivity index (χ0v) is 14.9. The van der Waals surface area contributed by atoms with Gasteiger partial charge in [-0.15, -0.1) is 0 Å². The minimum absolute atomic E-state index is 0.212. The van der Waals surface area contributed by atoms with E-state index in [0.717, 1.165) is 34.1 Å². The lowest BCUT2D eigenvalue weighted by Gasteiger charge is -2.14. The highest BCUT2D eigenvalue weighted by molar-refractivity contribution is 9.10. The van der Waals surface area contributed by atoms with Gasteiger partial charge < -0.3 is 5.32 Å². The van der Waals surface area contributed by atoms with Gasteiger partial charge in [-0.05, 0) is 35.8 Å².